The molecule has 0 radical (unpaired) electrons. The second kappa shape index (κ2) is 4.59. The van der Waals surface area contributed by atoms with Gasteiger partial charge < -0.3 is 5.73 Å². The van der Waals surface area contributed by atoms with Crippen LogP contribution in [0, 0.1) is 23.7 Å². The number of aryl methyl sites for hydroxylation is 1. The number of hydrogen-bond acceptors (Lipinski definition) is 1. The van der Waals surface area contributed by atoms with Gasteiger partial charge in [0.1, 0.15) is 0 Å². The molecular weight excluding hydrogens is 242 g/mol. The van der Waals surface area contributed by atoms with Crippen LogP contribution in [0.15, 0.2) is 24.3 Å². The number of fused-ring (bicyclic) bond motifs is 5. The quantitative estimate of drug-likeness (QED) is 0.872. The monoisotopic (exact) mass is 269 g/mol. The van der Waals surface area contributed by atoms with Crippen molar-refractivity contribution in [3.05, 3.63) is 35.4 Å². The van der Waals surface area contributed by atoms with Gasteiger partial charge in [0.2, 0.25) is 0 Å². The maximum atomic E-state index is 6.99. The lowest BCUT2D eigenvalue weighted by Gasteiger charge is -2.40. The molecule has 0 aromatic heterocycles. The smallest absolute Gasteiger partial charge is 0.0443 e. The minimum atomic E-state index is -0.0140. The number of nitrogens with two attached hydrogens (primary N) is 1. The first kappa shape index (κ1) is 12.9. The summed E-state index contributed by atoms with van der Waals surface area (Å²) in [5.41, 5.74) is 9.88. The van der Waals surface area contributed by atoms with Crippen LogP contribution in [-0.2, 0) is 12.0 Å². The van der Waals surface area contributed by atoms with Crippen LogP contribution in [0.1, 0.15) is 56.6 Å². The van der Waals surface area contributed by atoms with E-state index in [-0.39, 0.29) is 5.54 Å². The Morgan fingerprint density at radius 2 is 2.10 bits per heavy atom. The molecule has 2 bridgehead atoms. The predicted molar refractivity (Wildman–Crippen MR) is 83.3 cm³/mol. The van der Waals surface area contributed by atoms with Gasteiger partial charge in [0.25, 0.3) is 0 Å². The summed E-state index contributed by atoms with van der Waals surface area (Å²) in [4.78, 5) is 0. The fourth-order valence-electron chi connectivity index (χ4n) is 5.83. The summed E-state index contributed by atoms with van der Waals surface area (Å²) in [5, 5.41) is 0. The van der Waals surface area contributed by atoms with Gasteiger partial charge >= 0.3 is 0 Å². The predicted octanol–water partition coefficient (Wildman–Crippen LogP) is 4.25. The normalized spacial score (nSPS) is 42.1. The zero-order valence-corrected chi connectivity index (χ0v) is 12.6. The van der Waals surface area contributed by atoms with E-state index in [0.29, 0.717) is 0 Å². The molecule has 1 nitrogen and oxygen atoms in total. The van der Waals surface area contributed by atoms with Gasteiger partial charge in [-0.25, -0.2) is 0 Å². The third-order valence-corrected chi connectivity index (χ3v) is 6.57. The third-order valence-electron chi connectivity index (χ3n) is 6.57. The van der Waals surface area contributed by atoms with E-state index in [1.807, 2.05) is 0 Å². The molecule has 0 heterocycles. The van der Waals surface area contributed by atoms with E-state index in [1.54, 1.807) is 0 Å². The Labute approximate surface area is 122 Å². The highest BCUT2D eigenvalue weighted by Gasteiger charge is 2.59. The molecule has 0 spiro atoms. The van der Waals surface area contributed by atoms with Crippen LogP contribution < -0.4 is 5.73 Å². The Kier molecular flexibility index (Phi) is 2.96. The highest BCUT2D eigenvalue weighted by Crippen LogP contribution is 2.64. The number of rotatable bonds is 3. The first-order chi connectivity index (χ1) is 9.72. The van der Waals surface area contributed by atoms with Crippen molar-refractivity contribution in [3.63, 3.8) is 0 Å². The maximum absolute atomic E-state index is 6.99. The molecule has 1 aromatic rings. The summed E-state index contributed by atoms with van der Waals surface area (Å²) in [5.74, 6) is 3.65. The molecule has 5 unspecified atom stereocenters. The highest BCUT2D eigenvalue weighted by molar-refractivity contribution is 5.33. The minimum absolute atomic E-state index is 0.0140. The summed E-state index contributed by atoms with van der Waals surface area (Å²) in [6.45, 7) is 2.26. The van der Waals surface area contributed by atoms with Crippen LogP contribution in [0.5, 0.6) is 0 Å². The van der Waals surface area contributed by atoms with E-state index in [2.05, 4.69) is 31.2 Å². The lowest BCUT2D eigenvalue weighted by Crippen LogP contribution is -2.46. The van der Waals surface area contributed by atoms with Gasteiger partial charge in [-0.15, -0.1) is 0 Å². The molecule has 5 atom stereocenters. The highest BCUT2D eigenvalue weighted by atomic mass is 14.8. The van der Waals surface area contributed by atoms with Crippen molar-refractivity contribution in [2.24, 2.45) is 29.4 Å². The fourth-order valence-corrected chi connectivity index (χ4v) is 5.83. The molecule has 20 heavy (non-hydrogen) atoms. The Hall–Kier alpha value is -0.820. The average Bonchev–Trinajstić information content (AvgIpc) is 3.10. The topological polar surface area (TPSA) is 26.0 Å². The van der Waals surface area contributed by atoms with Crippen molar-refractivity contribution >= 4 is 0 Å². The maximum Gasteiger partial charge on any atom is 0.0443 e. The second-order valence-corrected chi connectivity index (χ2v) is 7.56. The van der Waals surface area contributed by atoms with E-state index in [4.69, 9.17) is 5.73 Å². The van der Waals surface area contributed by atoms with Crippen molar-refractivity contribution < 1.29 is 0 Å². The van der Waals surface area contributed by atoms with Crippen molar-refractivity contribution in [1.29, 1.82) is 0 Å². The largest absolute Gasteiger partial charge is 0.321 e. The summed E-state index contributed by atoms with van der Waals surface area (Å²) in [6, 6.07) is 9.20. The van der Waals surface area contributed by atoms with Crippen LogP contribution >= 0.6 is 0 Å². The molecule has 0 aliphatic heterocycles. The molecule has 3 aliphatic rings. The molecule has 1 heteroatoms. The van der Waals surface area contributed by atoms with Crippen LogP contribution in [0.3, 0.4) is 0 Å². The Morgan fingerprint density at radius 3 is 2.95 bits per heavy atom. The fraction of sp³-hybridized carbons (Fsp3) is 0.684. The zero-order valence-electron chi connectivity index (χ0n) is 12.6. The Bertz CT molecular complexity index is 508. The zero-order chi connectivity index (χ0) is 13.7. The van der Waals surface area contributed by atoms with Gasteiger partial charge in [-0.2, -0.15) is 0 Å². The van der Waals surface area contributed by atoms with Gasteiger partial charge in [0.15, 0.2) is 0 Å². The van der Waals surface area contributed by atoms with Gasteiger partial charge in [0, 0.05) is 5.54 Å². The molecule has 0 saturated heterocycles. The van der Waals surface area contributed by atoms with Gasteiger partial charge in [-0.3, -0.25) is 0 Å². The molecular formula is C19H27N. The lowest BCUT2D eigenvalue weighted by atomic mass is 9.68. The number of hydrogen-bond donors (Lipinski definition) is 1. The molecule has 4 rings (SSSR count). The molecule has 2 N–H and O–H groups in total. The SMILES string of the molecule is CCCc1cccc(C2(N)CC3CC2C2CCCC32)c1. The molecule has 3 saturated carbocycles. The summed E-state index contributed by atoms with van der Waals surface area (Å²) in [6.07, 6.45) is 9.44. The van der Waals surface area contributed by atoms with E-state index in [0.717, 1.165) is 23.7 Å². The van der Waals surface area contributed by atoms with E-state index in [9.17, 15) is 0 Å². The molecule has 3 fully saturated rings. The lowest BCUT2D eigenvalue weighted by molar-refractivity contribution is 0.156. The first-order valence-electron chi connectivity index (χ1n) is 8.60. The Balaban J connectivity index is 1.66. The van der Waals surface area contributed by atoms with Gasteiger partial charge in [-0.1, -0.05) is 44.0 Å². The van der Waals surface area contributed by atoms with Crippen LogP contribution in [0.4, 0.5) is 0 Å². The van der Waals surface area contributed by atoms with Crippen molar-refractivity contribution in [2.45, 2.75) is 57.4 Å². The minimum Gasteiger partial charge on any atom is -0.321 e. The van der Waals surface area contributed by atoms with Crippen molar-refractivity contribution in [1.82, 2.24) is 0 Å². The average molecular weight is 269 g/mol. The summed E-state index contributed by atoms with van der Waals surface area (Å²) >= 11 is 0. The van der Waals surface area contributed by atoms with Gasteiger partial charge in [-0.05, 0) is 66.9 Å². The third kappa shape index (κ3) is 1.72. The standard InChI is InChI=1S/C19H27N/c1-2-5-13-6-3-7-15(10-13)19(20)12-14-11-18(19)17-9-4-8-16(14)17/h3,6-7,10,14,16-18H,2,4-5,8-9,11-12,20H2,1H3. The van der Waals surface area contributed by atoms with Crippen molar-refractivity contribution in [3.8, 4) is 0 Å². The molecule has 0 amide bonds. The van der Waals surface area contributed by atoms with Crippen LogP contribution in [-0.4, -0.2) is 0 Å². The van der Waals surface area contributed by atoms with E-state index in [1.165, 1.54) is 56.1 Å². The first-order valence-corrected chi connectivity index (χ1v) is 8.60. The van der Waals surface area contributed by atoms with Crippen LogP contribution in [0.2, 0.25) is 0 Å². The van der Waals surface area contributed by atoms with E-state index < -0.39 is 0 Å². The number of benzene rings is 1. The van der Waals surface area contributed by atoms with Crippen molar-refractivity contribution in [2.75, 3.05) is 0 Å². The molecule has 1 aromatic carbocycles. The van der Waals surface area contributed by atoms with E-state index >= 15 is 0 Å². The molecule has 3 aliphatic carbocycles. The second-order valence-electron chi connectivity index (χ2n) is 7.56. The van der Waals surface area contributed by atoms with Gasteiger partial charge in [0.05, 0.1) is 0 Å². The van der Waals surface area contributed by atoms with Crippen LogP contribution in [0.25, 0.3) is 0 Å². The summed E-state index contributed by atoms with van der Waals surface area (Å²) < 4.78 is 0. The Morgan fingerprint density at radius 1 is 1.25 bits per heavy atom. The molecule has 108 valence electrons. The summed E-state index contributed by atoms with van der Waals surface area (Å²) in [7, 11) is 0.